The van der Waals surface area contributed by atoms with E-state index in [9.17, 15) is 0 Å². The van der Waals surface area contributed by atoms with Crippen LogP contribution in [0.15, 0.2) is 23.5 Å². The van der Waals surface area contributed by atoms with E-state index in [0.717, 1.165) is 36.0 Å². The highest BCUT2D eigenvalue weighted by Gasteiger charge is 2.63. The molecule has 4 aliphatic rings. The Hall–Kier alpha value is -0.630. The van der Waals surface area contributed by atoms with Gasteiger partial charge in [0.2, 0.25) is 0 Å². The Balaban J connectivity index is 1.47. The zero-order valence-electron chi connectivity index (χ0n) is 24.4. The Morgan fingerprint density at radius 2 is 1.86 bits per heavy atom. The molecule has 7 unspecified atom stereocenters. The lowest BCUT2D eigenvalue weighted by molar-refractivity contribution is -0.0482. The summed E-state index contributed by atoms with van der Waals surface area (Å²) in [6.07, 6.45) is 20.0. The summed E-state index contributed by atoms with van der Waals surface area (Å²) in [7, 11) is 4.46. The SMILES string of the molecule is BOC/C(C)=C/OC1CCC2(C)C(=CCC3(B)C2CCC2(C)C([C@H](C)CCCC(C)C)CCC32)C1. The summed E-state index contributed by atoms with van der Waals surface area (Å²) in [5, 5.41) is 0.473. The van der Waals surface area contributed by atoms with Gasteiger partial charge in [-0.05, 0) is 103 Å². The second kappa shape index (κ2) is 10.6. The van der Waals surface area contributed by atoms with Gasteiger partial charge in [-0.1, -0.05) is 65.5 Å². The van der Waals surface area contributed by atoms with Gasteiger partial charge in [-0.3, -0.25) is 0 Å². The van der Waals surface area contributed by atoms with Crippen LogP contribution in [0.2, 0.25) is 5.31 Å². The van der Waals surface area contributed by atoms with Gasteiger partial charge in [0.05, 0.1) is 12.9 Å². The van der Waals surface area contributed by atoms with Crippen molar-refractivity contribution in [2.45, 2.75) is 124 Å². The number of hydrogen-bond donors (Lipinski definition) is 0. The molecule has 0 N–H and O–H groups in total. The summed E-state index contributed by atoms with van der Waals surface area (Å²) in [4.78, 5) is 0. The highest BCUT2D eigenvalue weighted by molar-refractivity contribution is 6.16. The lowest BCUT2D eigenvalue weighted by Crippen LogP contribution is -2.54. The van der Waals surface area contributed by atoms with Crippen LogP contribution in [0.1, 0.15) is 112 Å². The van der Waals surface area contributed by atoms with E-state index in [4.69, 9.17) is 9.39 Å². The molecule has 4 heteroatoms. The van der Waals surface area contributed by atoms with Gasteiger partial charge in [-0.25, -0.2) is 0 Å². The Morgan fingerprint density at radius 3 is 2.57 bits per heavy atom. The number of rotatable bonds is 9. The monoisotopic (exact) mass is 480 g/mol. The number of hydrogen-bond acceptors (Lipinski definition) is 2. The van der Waals surface area contributed by atoms with Crippen molar-refractivity contribution in [3.63, 3.8) is 0 Å². The Labute approximate surface area is 219 Å². The molecule has 4 aliphatic carbocycles. The Kier molecular flexibility index (Phi) is 8.32. The number of allylic oxidation sites excluding steroid dienone is 1. The first-order valence-corrected chi connectivity index (χ1v) is 15.0. The van der Waals surface area contributed by atoms with Crippen LogP contribution in [-0.2, 0) is 9.39 Å². The molecule has 196 valence electrons. The van der Waals surface area contributed by atoms with Crippen LogP contribution >= 0.6 is 0 Å². The summed E-state index contributed by atoms with van der Waals surface area (Å²) in [6.45, 7) is 15.5. The summed E-state index contributed by atoms with van der Waals surface area (Å²) < 4.78 is 11.5. The molecular formula is C31H54B2O2. The molecule has 3 fully saturated rings. The van der Waals surface area contributed by atoms with E-state index in [1.807, 2.05) is 6.26 Å². The van der Waals surface area contributed by atoms with E-state index in [-0.39, 0.29) is 0 Å². The van der Waals surface area contributed by atoms with Gasteiger partial charge in [-0.15, -0.1) is 0 Å². The third-order valence-corrected chi connectivity index (χ3v) is 11.7. The second-order valence-corrected chi connectivity index (χ2v) is 14.4. The van der Waals surface area contributed by atoms with Crippen molar-refractivity contribution in [3.8, 4) is 0 Å². The molecular weight excluding hydrogens is 426 g/mol. The zero-order valence-corrected chi connectivity index (χ0v) is 24.4. The maximum atomic E-state index is 6.24. The fourth-order valence-corrected chi connectivity index (χ4v) is 9.90. The fraction of sp³-hybridized carbons (Fsp3) is 0.871. The predicted octanol–water partition coefficient (Wildman–Crippen LogP) is 7.06. The van der Waals surface area contributed by atoms with E-state index in [1.165, 1.54) is 69.8 Å². The second-order valence-electron chi connectivity index (χ2n) is 14.4. The van der Waals surface area contributed by atoms with Crippen molar-refractivity contribution < 1.29 is 9.39 Å². The van der Waals surface area contributed by atoms with Crippen LogP contribution in [0.4, 0.5) is 0 Å². The largest absolute Gasteiger partial charge is 0.498 e. The highest BCUT2D eigenvalue weighted by atomic mass is 16.5. The van der Waals surface area contributed by atoms with E-state index >= 15 is 0 Å². The van der Waals surface area contributed by atoms with Gasteiger partial charge in [-0.2, -0.15) is 0 Å². The maximum Gasteiger partial charge on any atom is 0.257 e. The molecule has 3 saturated carbocycles. The van der Waals surface area contributed by atoms with Crippen LogP contribution in [0.5, 0.6) is 0 Å². The summed E-state index contributed by atoms with van der Waals surface area (Å²) >= 11 is 0. The maximum absolute atomic E-state index is 6.24. The molecule has 0 aromatic rings. The van der Waals surface area contributed by atoms with Crippen LogP contribution in [0.25, 0.3) is 0 Å². The molecule has 2 nitrogen and oxygen atoms in total. The molecule has 0 aromatic heterocycles. The first-order valence-electron chi connectivity index (χ1n) is 15.0. The fourth-order valence-electron chi connectivity index (χ4n) is 9.90. The molecule has 0 bridgehead atoms. The highest BCUT2D eigenvalue weighted by Crippen LogP contribution is 2.74. The van der Waals surface area contributed by atoms with E-state index < -0.39 is 0 Å². The van der Waals surface area contributed by atoms with Crippen LogP contribution < -0.4 is 0 Å². The minimum atomic E-state index is 0.335. The molecule has 0 aliphatic heterocycles. The molecule has 4 rings (SSSR count). The minimum absolute atomic E-state index is 0.335. The van der Waals surface area contributed by atoms with E-state index in [0.29, 0.717) is 28.9 Å². The quantitative estimate of drug-likeness (QED) is 0.200. The molecule has 0 aromatic carbocycles. The molecule has 35 heavy (non-hydrogen) atoms. The molecule has 0 amide bonds. The Bertz CT molecular complexity index is 806. The first kappa shape index (κ1) is 27.4. The number of ether oxygens (including phenoxy) is 1. The molecule has 0 heterocycles. The summed E-state index contributed by atoms with van der Waals surface area (Å²) in [5.41, 5.74) is 3.82. The van der Waals surface area contributed by atoms with Crippen molar-refractivity contribution in [2.24, 2.45) is 40.4 Å². The number of fused-ring (bicyclic) bond motifs is 5. The zero-order chi connectivity index (χ0) is 25.4. The summed E-state index contributed by atoms with van der Waals surface area (Å²) in [5.74, 6) is 4.40. The third kappa shape index (κ3) is 5.08. The van der Waals surface area contributed by atoms with Crippen LogP contribution in [0.3, 0.4) is 0 Å². The van der Waals surface area contributed by atoms with Crippen molar-refractivity contribution in [1.29, 1.82) is 0 Å². The minimum Gasteiger partial charge on any atom is -0.498 e. The smallest absolute Gasteiger partial charge is 0.257 e. The van der Waals surface area contributed by atoms with Gasteiger partial charge in [0, 0.05) is 6.42 Å². The molecule has 0 radical (unpaired) electrons. The van der Waals surface area contributed by atoms with Crippen LogP contribution in [0, 0.1) is 40.4 Å². The predicted molar refractivity (Wildman–Crippen MR) is 154 cm³/mol. The third-order valence-electron chi connectivity index (χ3n) is 11.7. The first-order chi connectivity index (χ1) is 16.5. The lowest BCUT2D eigenvalue weighted by atomic mass is 9.35. The normalized spacial score (nSPS) is 42.1. The lowest BCUT2D eigenvalue weighted by Gasteiger charge is -2.64. The average molecular weight is 480 g/mol. The average Bonchev–Trinajstić information content (AvgIpc) is 3.16. The van der Waals surface area contributed by atoms with Gasteiger partial charge < -0.3 is 9.39 Å². The van der Waals surface area contributed by atoms with E-state index in [2.05, 4.69) is 55.5 Å². The van der Waals surface area contributed by atoms with Crippen molar-refractivity contribution in [2.75, 3.05) is 6.61 Å². The topological polar surface area (TPSA) is 18.5 Å². The van der Waals surface area contributed by atoms with Crippen molar-refractivity contribution in [1.82, 2.24) is 0 Å². The summed E-state index contributed by atoms with van der Waals surface area (Å²) in [6, 6.07) is 0. The van der Waals surface area contributed by atoms with Gasteiger partial charge in [0.15, 0.2) is 0 Å². The van der Waals surface area contributed by atoms with E-state index in [1.54, 1.807) is 13.6 Å². The van der Waals surface area contributed by atoms with Gasteiger partial charge in [0.25, 0.3) is 8.05 Å². The van der Waals surface area contributed by atoms with Gasteiger partial charge in [0.1, 0.15) is 14.0 Å². The standard InChI is InChI=1S/C31H54B2O2/c1-21(2)8-7-9-23(4)26-10-11-27-30(26,6)16-14-28-29(5)15-13-25(34-19-22(3)20-35-33)18-24(29)12-17-31(27,28)32/h12,19,21,23,25-28H,7-11,13-18,20,32-33H2,1-6H3/b22-19+/t23-,25?,26?,27?,28?,29?,30?,31?/m1/s1. The molecule has 8 atom stereocenters. The molecule has 0 spiro atoms. The van der Waals surface area contributed by atoms with Gasteiger partial charge >= 0.3 is 0 Å². The van der Waals surface area contributed by atoms with Crippen LogP contribution in [-0.4, -0.2) is 28.6 Å². The Morgan fingerprint density at radius 1 is 1.09 bits per heavy atom. The van der Waals surface area contributed by atoms with Crippen molar-refractivity contribution >= 4 is 15.9 Å². The molecule has 0 saturated heterocycles. The van der Waals surface area contributed by atoms with Crippen molar-refractivity contribution in [3.05, 3.63) is 23.5 Å².